The van der Waals surface area contributed by atoms with E-state index >= 15 is 0 Å². The topological polar surface area (TPSA) is 113 Å². The number of likely N-dealkylation sites (tertiary alicyclic amines) is 1. The molecule has 1 saturated heterocycles. The number of fused-ring (bicyclic) bond motifs is 5. The van der Waals surface area contributed by atoms with E-state index in [2.05, 4.69) is 37.9 Å². The smallest absolute Gasteiger partial charge is 0.233 e. The summed E-state index contributed by atoms with van der Waals surface area (Å²) in [4.78, 5) is 35.4. The monoisotopic (exact) mass is 542 g/mol. The quantitative estimate of drug-likeness (QED) is 0.141. The predicted molar refractivity (Wildman–Crippen MR) is 126 cm³/mol. The molecule has 2 bridgehead atoms. The summed E-state index contributed by atoms with van der Waals surface area (Å²) in [6.07, 6.45) is 5.86. The lowest BCUT2D eigenvalue weighted by atomic mass is 9.85. The fraction of sp³-hybridized carbons (Fsp3) is 0.667. The van der Waals surface area contributed by atoms with Gasteiger partial charge in [-0.3, -0.25) is 19.5 Å². The van der Waals surface area contributed by atoms with Gasteiger partial charge in [0.2, 0.25) is 17.7 Å². The van der Waals surface area contributed by atoms with Crippen LogP contribution in [0.5, 0.6) is 0 Å². The Morgan fingerprint density at radius 2 is 1.84 bits per heavy atom. The molecule has 4 rings (SSSR count). The predicted octanol–water partition coefficient (Wildman–Crippen LogP) is 1.85. The van der Waals surface area contributed by atoms with Crippen LogP contribution in [-0.2, 0) is 21.5 Å². The van der Waals surface area contributed by atoms with E-state index in [0.29, 0.717) is 43.7 Å². The SMILES string of the molecule is CN=C(NCCCN1C(=O)C2C3C=CC(C3)C2C1=O)NCc1noc(C(C)(C)C)n1.I. The Labute approximate surface area is 199 Å². The van der Waals surface area contributed by atoms with Crippen LogP contribution in [0, 0.1) is 23.7 Å². The highest BCUT2D eigenvalue weighted by molar-refractivity contribution is 14.0. The number of halogens is 1. The molecule has 1 aromatic rings. The Hall–Kier alpha value is -1.98. The number of amides is 2. The molecule has 4 atom stereocenters. The number of hydrogen-bond acceptors (Lipinski definition) is 6. The molecular formula is C21H31IN6O3. The van der Waals surface area contributed by atoms with Crippen LogP contribution in [0.25, 0.3) is 0 Å². The summed E-state index contributed by atoms with van der Waals surface area (Å²) in [5.41, 5.74) is -0.191. The van der Waals surface area contributed by atoms with Gasteiger partial charge in [-0.25, -0.2) is 0 Å². The Morgan fingerprint density at radius 3 is 2.39 bits per heavy atom. The van der Waals surface area contributed by atoms with E-state index in [0.717, 1.165) is 6.42 Å². The number of rotatable bonds is 6. The van der Waals surface area contributed by atoms with E-state index in [-0.39, 0.29) is 64.9 Å². The zero-order chi connectivity index (χ0) is 21.5. The first-order chi connectivity index (χ1) is 14.3. The van der Waals surface area contributed by atoms with Crippen molar-refractivity contribution >= 4 is 41.8 Å². The van der Waals surface area contributed by atoms with Gasteiger partial charge in [-0.2, -0.15) is 4.98 Å². The second-order valence-corrected chi connectivity index (χ2v) is 9.30. The molecule has 1 aromatic heterocycles. The maximum absolute atomic E-state index is 12.7. The van der Waals surface area contributed by atoms with Gasteiger partial charge in [-0.1, -0.05) is 38.1 Å². The van der Waals surface area contributed by atoms with E-state index in [1.54, 1.807) is 7.05 Å². The first-order valence-corrected chi connectivity index (χ1v) is 10.6. The van der Waals surface area contributed by atoms with Crippen molar-refractivity contribution in [3.63, 3.8) is 0 Å². The van der Waals surface area contributed by atoms with Gasteiger partial charge in [0.05, 0.1) is 18.4 Å². The lowest BCUT2D eigenvalue weighted by Gasteiger charge is -2.17. The van der Waals surface area contributed by atoms with Crippen LogP contribution in [0.4, 0.5) is 0 Å². The second-order valence-electron chi connectivity index (χ2n) is 9.30. The minimum absolute atomic E-state index is 0. The van der Waals surface area contributed by atoms with Crippen molar-refractivity contribution in [2.45, 2.75) is 45.6 Å². The van der Waals surface area contributed by atoms with E-state index in [1.165, 1.54) is 4.90 Å². The van der Waals surface area contributed by atoms with Crippen LogP contribution in [0.1, 0.15) is 45.3 Å². The van der Waals surface area contributed by atoms with Gasteiger partial charge >= 0.3 is 0 Å². The molecule has 0 radical (unpaired) electrons. The highest BCUT2D eigenvalue weighted by Crippen LogP contribution is 2.52. The highest BCUT2D eigenvalue weighted by Gasteiger charge is 2.58. The molecule has 1 saturated carbocycles. The van der Waals surface area contributed by atoms with Crippen LogP contribution < -0.4 is 10.6 Å². The summed E-state index contributed by atoms with van der Waals surface area (Å²) in [5, 5.41) is 10.3. The van der Waals surface area contributed by atoms with Gasteiger partial charge in [-0.15, -0.1) is 24.0 Å². The summed E-state index contributed by atoms with van der Waals surface area (Å²) in [5.74, 6) is 2.05. The lowest BCUT2D eigenvalue weighted by molar-refractivity contribution is -0.140. The Morgan fingerprint density at radius 1 is 1.19 bits per heavy atom. The summed E-state index contributed by atoms with van der Waals surface area (Å²) < 4.78 is 5.29. The number of nitrogens with one attached hydrogen (secondary N) is 2. The third-order valence-corrected chi connectivity index (χ3v) is 6.16. The highest BCUT2D eigenvalue weighted by atomic mass is 127. The zero-order valence-electron chi connectivity index (χ0n) is 18.4. The molecule has 0 spiro atoms. The van der Waals surface area contributed by atoms with Crippen molar-refractivity contribution < 1.29 is 14.1 Å². The molecule has 2 N–H and O–H groups in total. The lowest BCUT2D eigenvalue weighted by Crippen LogP contribution is -2.39. The maximum atomic E-state index is 12.7. The Kier molecular flexibility index (Phi) is 7.07. The normalized spacial score (nSPS) is 27.0. The molecule has 10 heteroatoms. The molecule has 2 aliphatic carbocycles. The van der Waals surface area contributed by atoms with E-state index in [9.17, 15) is 9.59 Å². The molecule has 4 unspecified atom stereocenters. The standard InChI is InChI=1S/C21H30N6O3.HI/c1-21(2,3)19-25-14(26-30-19)11-24-20(22-4)23-8-5-9-27-17(28)15-12-6-7-13(10-12)16(15)18(27)29;/h6-7,12-13,15-16H,5,8-11H2,1-4H3,(H2,22,23,24);1H. The molecular weight excluding hydrogens is 511 g/mol. The van der Waals surface area contributed by atoms with Crippen molar-refractivity contribution in [1.29, 1.82) is 0 Å². The largest absolute Gasteiger partial charge is 0.356 e. The van der Waals surface area contributed by atoms with Crippen molar-refractivity contribution in [3.8, 4) is 0 Å². The average Bonchev–Trinajstić information content (AvgIpc) is 3.47. The van der Waals surface area contributed by atoms with Crippen molar-refractivity contribution in [1.82, 2.24) is 25.7 Å². The van der Waals surface area contributed by atoms with Crippen LogP contribution in [0.15, 0.2) is 21.7 Å². The number of aliphatic imine (C=N–C) groups is 1. The van der Waals surface area contributed by atoms with Crippen molar-refractivity contribution in [2.75, 3.05) is 20.1 Å². The number of guanidine groups is 1. The van der Waals surface area contributed by atoms with Crippen LogP contribution in [-0.4, -0.2) is 53.0 Å². The molecule has 3 aliphatic rings. The summed E-state index contributed by atoms with van der Waals surface area (Å²) >= 11 is 0. The third kappa shape index (κ3) is 4.63. The number of carbonyl (C=O) groups is 2. The molecule has 1 aliphatic heterocycles. The van der Waals surface area contributed by atoms with E-state index in [4.69, 9.17) is 4.52 Å². The summed E-state index contributed by atoms with van der Waals surface area (Å²) in [6, 6.07) is 0. The number of nitrogens with zero attached hydrogens (tertiary/aromatic N) is 4. The molecule has 170 valence electrons. The Balaban J connectivity index is 0.00000272. The first-order valence-electron chi connectivity index (χ1n) is 10.6. The van der Waals surface area contributed by atoms with Gasteiger partial charge in [0.1, 0.15) is 0 Å². The first kappa shape index (κ1) is 23.7. The molecule has 9 nitrogen and oxygen atoms in total. The number of allylic oxidation sites excluding steroid dienone is 2. The molecule has 0 aromatic carbocycles. The average molecular weight is 542 g/mol. The van der Waals surface area contributed by atoms with Crippen LogP contribution in [0.3, 0.4) is 0 Å². The maximum Gasteiger partial charge on any atom is 0.233 e. The minimum Gasteiger partial charge on any atom is -0.356 e. The van der Waals surface area contributed by atoms with Crippen molar-refractivity contribution in [3.05, 3.63) is 23.9 Å². The number of aromatic nitrogens is 2. The van der Waals surface area contributed by atoms with Crippen LogP contribution in [0.2, 0.25) is 0 Å². The van der Waals surface area contributed by atoms with Gasteiger partial charge in [0, 0.05) is 25.6 Å². The summed E-state index contributed by atoms with van der Waals surface area (Å²) in [7, 11) is 1.68. The second kappa shape index (κ2) is 9.25. The van der Waals surface area contributed by atoms with Gasteiger partial charge in [0.25, 0.3) is 0 Å². The molecule has 2 heterocycles. The molecule has 31 heavy (non-hydrogen) atoms. The van der Waals surface area contributed by atoms with Gasteiger partial charge in [0.15, 0.2) is 11.8 Å². The summed E-state index contributed by atoms with van der Waals surface area (Å²) in [6.45, 7) is 7.47. The Bertz CT molecular complexity index is 860. The van der Waals surface area contributed by atoms with Gasteiger partial charge < -0.3 is 15.2 Å². The minimum atomic E-state index is -0.191. The van der Waals surface area contributed by atoms with Crippen molar-refractivity contribution in [2.24, 2.45) is 28.7 Å². The van der Waals surface area contributed by atoms with E-state index < -0.39 is 0 Å². The van der Waals surface area contributed by atoms with E-state index in [1.807, 2.05) is 20.8 Å². The van der Waals surface area contributed by atoms with Crippen LogP contribution >= 0.6 is 24.0 Å². The third-order valence-electron chi connectivity index (χ3n) is 6.16. The fourth-order valence-corrected chi connectivity index (χ4v) is 4.64. The molecule has 2 amide bonds. The van der Waals surface area contributed by atoms with Gasteiger partial charge in [-0.05, 0) is 24.7 Å². The fourth-order valence-electron chi connectivity index (χ4n) is 4.64. The number of hydrogen-bond donors (Lipinski definition) is 2. The molecule has 2 fully saturated rings. The zero-order valence-corrected chi connectivity index (χ0v) is 20.8. The number of imide groups is 1. The number of carbonyl (C=O) groups excluding carboxylic acids is 2.